The van der Waals surface area contributed by atoms with E-state index in [-0.39, 0.29) is 5.56 Å². The van der Waals surface area contributed by atoms with Crippen LogP contribution in [0, 0.1) is 11.3 Å². The molecular weight excluding hydrogens is 340 g/mol. The van der Waals surface area contributed by atoms with Gasteiger partial charge in [0.1, 0.15) is 6.07 Å². The van der Waals surface area contributed by atoms with Crippen LogP contribution in [0.5, 0.6) is 0 Å². The lowest BCUT2D eigenvalue weighted by Gasteiger charge is -2.09. The van der Waals surface area contributed by atoms with Crippen molar-refractivity contribution in [3.8, 4) is 17.4 Å². The van der Waals surface area contributed by atoms with Crippen molar-refractivity contribution in [1.29, 1.82) is 5.26 Å². The topological polar surface area (TPSA) is 87.1 Å². The molecule has 0 spiro atoms. The maximum Gasteiger partial charge on any atom is 0.276 e. The number of furan rings is 1. The summed E-state index contributed by atoms with van der Waals surface area (Å²) in [6, 6.07) is 13.3. The zero-order valence-electron chi connectivity index (χ0n) is 14.9. The maximum absolute atomic E-state index is 12.9. The van der Waals surface area contributed by atoms with E-state index in [1.807, 2.05) is 24.3 Å². The Labute approximate surface area is 155 Å². The third kappa shape index (κ3) is 3.04. The van der Waals surface area contributed by atoms with Crippen LogP contribution >= 0.6 is 0 Å². The Morgan fingerprint density at radius 1 is 1.22 bits per heavy atom. The average Bonchev–Trinajstić information content (AvgIpc) is 3.34. The van der Waals surface area contributed by atoms with Crippen molar-refractivity contribution < 1.29 is 4.42 Å². The van der Waals surface area contributed by atoms with E-state index in [9.17, 15) is 4.79 Å². The number of nitriles is 1. The Hall–Kier alpha value is -3.59. The number of aromatic amines is 1. The number of nitrogens with one attached hydrogen (secondary N) is 1. The van der Waals surface area contributed by atoms with Crippen molar-refractivity contribution in [2.45, 2.75) is 26.2 Å². The molecule has 4 aromatic rings. The van der Waals surface area contributed by atoms with Crippen molar-refractivity contribution in [3.05, 3.63) is 81.6 Å². The highest BCUT2D eigenvalue weighted by Gasteiger charge is 2.14. The summed E-state index contributed by atoms with van der Waals surface area (Å²) in [5.41, 5.74) is 4.49. The lowest BCUT2D eigenvalue weighted by Crippen LogP contribution is -2.23. The van der Waals surface area contributed by atoms with Crippen molar-refractivity contribution >= 4 is 5.65 Å². The van der Waals surface area contributed by atoms with Gasteiger partial charge in [0.15, 0.2) is 11.4 Å². The van der Waals surface area contributed by atoms with Gasteiger partial charge in [0.05, 0.1) is 17.5 Å². The average molecular weight is 358 g/mol. The second-order valence-electron chi connectivity index (χ2n) is 6.40. The van der Waals surface area contributed by atoms with E-state index in [0.29, 0.717) is 29.0 Å². The van der Waals surface area contributed by atoms with Gasteiger partial charge in [-0.15, -0.1) is 0 Å². The lowest BCUT2D eigenvalue weighted by molar-refractivity contribution is 0.581. The fraction of sp³-hybridized carbons (Fsp3) is 0.190. The van der Waals surface area contributed by atoms with Gasteiger partial charge in [-0.25, -0.2) is 9.50 Å². The van der Waals surface area contributed by atoms with Gasteiger partial charge in [0.2, 0.25) is 0 Å². The maximum atomic E-state index is 12.9. The Kier molecular flexibility index (Phi) is 4.35. The molecule has 0 atom stereocenters. The second-order valence-corrected chi connectivity index (χ2v) is 6.40. The highest BCUT2D eigenvalue weighted by Crippen LogP contribution is 2.25. The predicted molar refractivity (Wildman–Crippen MR) is 101 cm³/mol. The van der Waals surface area contributed by atoms with Crippen LogP contribution in [-0.2, 0) is 12.8 Å². The molecule has 134 valence electrons. The van der Waals surface area contributed by atoms with E-state index in [1.165, 1.54) is 10.8 Å². The first-order valence-corrected chi connectivity index (χ1v) is 8.86. The van der Waals surface area contributed by atoms with Gasteiger partial charge in [-0.05, 0) is 18.1 Å². The van der Waals surface area contributed by atoms with E-state index in [1.54, 1.807) is 18.3 Å². The van der Waals surface area contributed by atoms with Gasteiger partial charge in [-0.2, -0.15) is 5.26 Å². The molecule has 0 unspecified atom stereocenters. The summed E-state index contributed by atoms with van der Waals surface area (Å²) in [6.45, 7) is 2.08. The molecule has 6 nitrogen and oxygen atoms in total. The number of H-pyrrole nitrogens is 1. The molecule has 0 saturated carbocycles. The summed E-state index contributed by atoms with van der Waals surface area (Å²) in [5.74, 6) is 0.560. The van der Waals surface area contributed by atoms with Gasteiger partial charge in [-0.1, -0.05) is 37.6 Å². The number of hydrogen-bond donors (Lipinski definition) is 1. The zero-order chi connectivity index (χ0) is 18.8. The molecule has 1 aromatic carbocycles. The van der Waals surface area contributed by atoms with Gasteiger partial charge in [0.25, 0.3) is 5.56 Å². The molecule has 0 bridgehead atoms. The van der Waals surface area contributed by atoms with Crippen molar-refractivity contribution in [1.82, 2.24) is 14.6 Å². The SMILES string of the molecule is CCCc1nc2cc[nH]n2c(=O)c1Cc1ccc(-c2occc2C#N)cc1. The minimum absolute atomic E-state index is 0.0599. The summed E-state index contributed by atoms with van der Waals surface area (Å²) < 4.78 is 6.90. The molecule has 0 fully saturated rings. The van der Waals surface area contributed by atoms with Crippen molar-refractivity contribution in [3.63, 3.8) is 0 Å². The van der Waals surface area contributed by atoms with Crippen LogP contribution in [0.15, 0.2) is 58.1 Å². The first-order chi connectivity index (χ1) is 13.2. The first-order valence-electron chi connectivity index (χ1n) is 8.86. The Morgan fingerprint density at radius 2 is 2.04 bits per heavy atom. The number of rotatable bonds is 5. The molecule has 6 heteroatoms. The largest absolute Gasteiger partial charge is 0.463 e. The molecule has 3 heterocycles. The predicted octanol–water partition coefficient (Wildman–Crippen LogP) is 3.70. The summed E-state index contributed by atoms with van der Waals surface area (Å²) in [7, 11) is 0. The number of benzene rings is 1. The Balaban J connectivity index is 1.70. The number of hydrogen-bond acceptors (Lipinski definition) is 4. The standard InChI is InChI=1S/C21H18N4O2/c1-2-3-18-17(21(26)25-19(24-18)8-10-23-25)12-14-4-6-15(7-5-14)20-16(13-22)9-11-27-20/h4-11,23H,2-3,12H2,1H3. The highest BCUT2D eigenvalue weighted by atomic mass is 16.3. The van der Waals surface area contributed by atoms with E-state index in [4.69, 9.17) is 9.68 Å². The molecule has 0 aliphatic carbocycles. The second kappa shape index (κ2) is 6.96. The van der Waals surface area contributed by atoms with Gasteiger partial charge in [-0.3, -0.25) is 9.89 Å². The van der Waals surface area contributed by atoms with E-state index < -0.39 is 0 Å². The molecule has 1 N–H and O–H groups in total. The molecule has 0 radical (unpaired) electrons. The Morgan fingerprint density at radius 3 is 2.78 bits per heavy atom. The molecule has 0 aliphatic rings. The van der Waals surface area contributed by atoms with Crippen LogP contribution in [0.4, 0.5) is 0 Å². The van der Waals surface area contributed by atoms with Crippen LogP contribution in [0.2, 0.25) is 0 Å². The highest BCUT2D eigenvalue weighted by molar-refractivity contribution is 5.65. The van der Waals surface area contributed by atoms with E-state index in [0.717, 1.165) is 29.7 Å². The van der Waals surface area contributed by atoms with Crippen LogP contribution in [0.1, 0.15) is 35.7 Å². The zero-order valence-corrected chi connectivity index (χ0v) is 14.9. The van der Waals surface area contributed by atoms with Gasteiger partial charge >= 0.3 is 0 Å². The smallest absolute Gasteiger partial charge is 0.276 e. The Bertz CT molecular complexity index is 1190. The van der Waals surface area contributed by atoms with Crippen LogP contribution < -0.4 is 5.56 Å². The molecular formula is C21H18N4O2. The molecule has 27 heavy (non-hydrogen) atoms. The van der Waals surface area contributed by atoms with E-state index in [2.05, 4.69) is 23.1 Å². The third-order valence-electron chi connectivity index (χ3n) is 4.59. The van der Waals surface area contributed by atoms with Gasteiger partial charge in [0, 0.05) is 29.8 Å². The normalized spacial score (nSPS) is 11.0. The number of fused-ring (bicyclic) bond motifs is 1. The van der Waals surface area contributed by atoms with Crippen LogP contribution in [-0.4, -0.2) is 14.6 Å². The lowest BCUT2D eigenvalue weighted by atomic mass is 10.0. The number of aromatic nitrogens is 3. The summed E-state index contributed by atoms with van der Waals surface area (Å²) in [5, 5.41) is 12.1. The van der Waals surface area contributed by atoms with Crippen molar-refractivity contribution in [2.24, 2.45) is 0 Å². The number of aryl methyl sites for hydroxylation is 1. The minimum Gasteiger partial charge on any atom is -0.463 e. The van der Waals surface area contributed by atoms with Crippen LogP contribution in [0.25, 0.3) is 17.0 Å². The molecule has 0 aliphatic heterocycles. The quantitative estimate of drug-likeness (QED) is 0.589. The third-order valence-corrected chi connectivity index (χ3v) is 4.59. The summed E-state index contributed by atoms with van der Waals surface area (Å²) >= 11 is 0. The van der Waals surface area contributed by atoms with Crippen LogP contribution in [0.3, 0.4) is 0 Å². The van der Waals surface area contributed by atoms with Crippen molar-refractivity contribution in [2.75, 3.05) is 0 Å². The monoisotopic (exact) mass is 358 g/mol. The summed E-state index contributed by atoms with van der Waals surface area (Å²) in [4.78, 5) is 17.5. The molecule has 3 aromatic heterocycles. The van der Waals surface area contributed by atoms with Gasteiger partial charge < -0.3 is 4.42 Å². The molecule has 0 amide bonds. The fourth-order valence-electron chi connectivity index (χ4n) is 3.26. The summed E-state index contributed by atoms with van der Waals surface area (Å²) in [6.07, 6.45) is 5.43. The van der Waals surface area contributed by atoms with E-state index >= 15 is 0 Å². The molecule has 0 saturated heterocycles. The fourth-order valence-corrected chi connectivity index (χ4v) is 3.26. The number of nitrogens with zero attached hydrogens (tertiary/aromatic N) is 3. The minimum atomic E-state index is -0.0599. The molecule has 4 rings (SSSR count). The first kappa shape index (κ1) is 16.9.